The van der Waals surface area contributed by atoms with Gasteiger partial charge in [0.15, 0.2) is 0 Å². The van der Waals surface area contributed by atoms with Gasteiger partial charge in [0.2, 0.25) is 0 Å². The van der Waals surface area contributed by atoms with Crippen LogP contribution in [0.3, 0.4) is 0 Å². The number of aliphatic hydroxyl groups excluding tert-OH is 4. The van der Waals surface area contributed by atoms with Crippen molar-refractivity contribution < 1.29 is 30.0 Å². The summed E-state index contributed by atoms with van der Waals surface area (Å²) in [4.78, 5) is 22.4. The van der Waals surface area contributed by atoms with Crippen molar-refractivity contribution in [3.63, 3.8) is 0 Å². The predicted octanol–water partition coefficient (Wildman–Crippen LogP) is 17.2. The number of unbranched alkanes of at least 4 members (excludes halogenated alkanes) is 34. The van der Waals surface area contributed by atoms with E-state index in [0.717, 1.165) is 141 Å². The molecule has 0 aliphatic carbocycles. The maximum absolute atomic E-state index is 12.8. The van der Waals surface area contributed by atoms with Crippen LogP contribution in [0.1, 0.15) is 317 Å². The molecule has 81 heavy (non-hydrogen) atoms. The first kappa shape index (κ1) is 78.9. The topological polar surface area (TPSA) is 120 Å². The summed E-state index contributed by atoms with van der Waals surface area (Å²) in [6.45, 7) is 19.9. The summed E-state index contributed by atoms with van der Waals surface area (Å²) in [7, 11) is 4.00. The highest BCUT2D eigenvalue weighted by atomic mass is 33.1. The second kappa shape index (κ2) is 61.5. The fourth-order valence-corrected chi connectivity index (χ4v) is 14.0. The minimum atomic E-state index is -0.374. The first-order valence-electron chi connectivity index (χ1n) is 35.7. The molecule has 0 radical (unpaired) electrons. The molecule has 4 unspecified atom stereocenters. The number of carbonyl (C=O) groups excluding carboxylic acids is 1. The molecule has 0 bridgehead atoms. The molecule has 1 fully saturated rings. The van der Waals surface area contributed by atoms with E-state index in [4.69, 9.17) is 4.74 Å². The van der Waals surface area contributed by atoms with E-state index in [1.54, 1.807) is 0 Å². The highest BCUT2D eigenvalue weighted by Gasteiger charge is 2.20. The maximum atomic E-state index is 12.8. The van der Waals surface area contributed by atoms with Crippen LogP contribution < -0.4 is 0 Å². The Morgan fingerprint density at radius 1 is 0.370 bits per heavy atom. The molecule has 1 aliphatic heterocycles. The summed E-state index contributed by atoms with van der Waals surface area (Å²) in [5.41, 5.74) is 0. The number of esters is 1. The van der Waals surface area contributed by atoms with Crippen LogP contribution >= 0.6 is 21.6 Å². The van der Waals surface area contributed by atoms with Crippen molar-refractivity contribution in [2.24, 2.45) is 0 Å². The van der Waals surface area contributed by atoms with Gasteiger partial charge in [-0.2, -0.15) is 0 Å². The highest BCUT2D eigenvalue weighted by Crippen LogP contribution is 2.24. The van der Waals surface area contributed by atoms with E-state index in [1.807, 2.05) is 21.6 Å². The third kappa shape index (κ3) is 54.9. The number of hydrogen-bond acceptors (Lipinski definition) is 12. The second-order valence-electron chi connectivity index (χ2n) is 25.3. The van der Waals surface area contributed by atoms with Crippen LogP contribution in [-0.2, 0) is 9.53 Å². The molecule has 0 aromatic heterocycles. The summed E-state index contributed by atoms with van der Waals surface area (Å²) in [5, 5.41) is 44.2. The van der Waals surface area contributed by atoms with E-state index >= 15 is 0 Å². The van der Waals surface area contributed by atoms with Gasteiger partial charge in [0.1, 0.15) is 6.61 Å². The number of nitrogens with zero attached hydrogens (tertiary/aromatic N) is 4. The van der Waals surface area contributed by atoms with E-state index in [-0.39, 0.29) is 30.4 Å². The quantitative estimate of drug-likeness (QED) is 0.0264. The van der Waals surface area contributed by atoms with Gasteiger partial charge < -0.3 is 25.2 Å². The van der Waals surface area contributed by atoms with Gasteiger partial charge in [-0.25, -0.2) is 0 Å². The van der Waals surface area contributed by atoms with Gasteiger partial charge in [0.25, 0.3) is 0 Å². The fourth-order valence-electron chi connectivity index (χ4n) is 11.8. The van der Waals surface area contributed by atoms with Crippen LogP contribution in [0.25, 0.3) is 0 Å². The van der Waals surface area contributed by atoms with E-state index < -0.39 is 0 Å². The Labute approximate surface area is 512 Å². The lowest BCUT2D eigenvalue weighted by molar-refractivity contribution is -0.144. The maximum Gasteiger partial charge on any atom is 0.305 e. The summed E-state index contributed by atoms with van der Waals surface area (Å²) < 4.78 is 5.71. The first-order valence-corrected chi connectivity index (χ1v) is 38.2. The van der Waals surface area contributed by atoms with Crippen molar-refractivity contribution in [2.45, 2.75) is 341 Å². The molecule has 484 valence electrons. The molecule has 4 atom stereocenters. The molecule has 1 heterocycles. The Kier molecular flexibility index (Phi) is 59.9. The van der Waals surface area contributed by atoms with Crippen LogP contribution in [0.4, 0.5) is 0 Å². The molecule has 0 spiro atoms. The molecule has 0 aromatic carbocycles. The lowest BCUT2D eigenvalue weighted by atomic mass is 10.0. The Hall–Kier alpha value is -0.150. The highest BCUT2D eigenvalue weighted by molar-refractivity contribution is 8.76. The van der Waals surface area contributed by atoms with E-state index in [2.05, 4.69) is 47.3 Å². The predicted molar refractivity (Wildman–Crippen MR) is 356 cm³/mol. The van der Waals surface area contributed by atoms with Gasteiger partial charge in [-0.15, -0.1) is 0 Å². The number of piperazine rings is 1. The minimum Gasteiger partial charge on any atom is -0.464 e. The van der Waals surface area contributed by atoms with Gasteiger partial charge in [-0.3, -0.25) is 24.4 Å². The van der Waals surface area contributed by atoms with Crippen molar-refractivity contribution in [1.82, 2.24) is 19.6 Å². The Morgan fingerprint density at radius 3 is 0.988 bits per heavy atom. The van der Waals surface area contributed by atoms with Gasteiger partial charge in [0.05, 0.1) is 24.4 Å². The lowest BCUT2D eigenvalue weighted by Crippen LogP contribution is -2.47. The van der Waals surface area contributed by atoms with Gasteiger partial charge in [-0.1, -0.05) is 280 Å². The van der Waals surface area contributed by atoms with Gasteiger partial charge in [-0.05, 0) is 64.5 Å². The Balaban J connectivity index is 2.33. The van der Waals surface area contributed by atoms with Crippen molar-refractivity contribution in [3.05, 3.63) is 0 Å². The summed E-state index contributed by atoms with van der Waals surface area (Å²) >= 11 is 0. The average Bonchev–Trinajstić information content (AvgIpc) is 3.45. The second-order valence-corrected chi connectivity index (χ2v) is 28.0. The monoisotopic (exact) mass is 1190 g/mol. The minimum absolute atomic E-state index is 0.112. The number of hydrogen-bond donors (Lipinski definition) is 4. The van der Waals surface area contributed by atoms with E-state index in [0.29, 0.717) is 39.2 Å². The zero-order valence-corrected chi connectivity index (χ0v) is 56.1. The van der Waals surface area contributed by atoms with Crippen molar-refractivity contribution in [1.29, 1.82) is 0 Å². The Bertz CT molecular complexity index is 1210. The normalized spacial score (nSPS) is 15.1. The first-order chi connectivity index (χ1) is 39.7. The Morgan fingerprint density at radius 2 is 0.654 bits per heavy atom. The third-order valence-corrected chi connectivity index (χ3v) is 19.7. The van der Waals surface area contributed by atoms with Crippen LogP contribution in [0.2, 0.25) is 0 Å². The van der Waals surface area contributed by atoms with Crippen LogP contribution in [-0.4, -0.2) is 167 Å². The molecule has 12 heteroatoms. The largest absolute Gasteiger partial charge is 0.464 e. The zero-order valence-electron chi connectivity index (χ0n) is 54.4. The zero-order chi connectivity index (χ0) is 58.7. The third-order valence-electron chi connectivity index (χ3n) is 17.2. The standard InChI is InChI=1S/C69H140N4O6S2/c1-5-9-13-17-21-25-27-31-35-39-47-67(76)63-73(64-68(77)48-40-36-32-28-26-22-18-14-10-6-2)51-43-44-59-80-81-60-57-71-54-52-70(53-55-71)56-58-79-69(78)49-41-42-50-72(61-65(74)45-37-33-29-23-19-15-11-7-3)62-66(75)46-38-34-30-24-20-16-12-8-4/h65-68,74-77H,5-64H2,1-4H3. The summed E-state index contributed by atoms with van der Waals surface area (Å²) in [5.74, 6) is 2.15. The summed E-state index contributed by atoms with van der Waals surface area (Å²) in [6.07, 6.45) is 52.8. The van der Waals surface area contributed by atoms with Gasteiger partial charge in [0, 0.05) is 83.4 Å². The molecular weight excluding hydrogens is 1040 g/mol. The molecular formula is C69H140N4O6S2. The molecule has 1 rings (SSSR count). The molecule has 0 saturated carbocycles. The lowest BCUT2D eigenvalue weighted by Gasteiger charge is -2.34. The number of carbonyl (C=O) groups is 1. The number of aliphatic hydroxyl groups is 4. The van der Waals surface area contributed by atoms with Gasteiger partial charge >= 0.3 is 5.97 Å². The number of ether oxygens (including phenoxy) is 1. The molecule has 10 nitrogen and oxygen atoms in total. The smallest absolute Gasteiger partial charge is 0.305 e. The van der Waals surface area contributed by atoms with Crippen molar-refractivity contribution in [2.75, 3.05) is 96.6 Å². The van der Waals surface area contributed by atoms with Crippen LogP contribution in [0.5, 0.6) is 0 Å². The fraction of sp³-hybridized carbons (Fsp3) is 0.986. The average molecular weight is 1190 g/mol. The SMILES string of the molecule is CCCCCCCCCCCCC(O)CN(CCCCSSCCN1CCN(CCOC(=O)CCCCN(CC(O)CCCCCCCCCC)CC(O)CCCCCCCCCC)CC1)CC(O)CCCCCCCCCCCC. The van der Waals surface area contributed by atoms with E-state index in [1.165, 1.54) is 205 Å². The number of rotatable bonds is 65. The molecule has 4 N–H and O–H groups in total. The molecule has 1 aliphatic rings. The van der Waals surface area contributed by atoms with Crippen LogP contribution in [0, 0.1) is 0 Å². The molecule has 0 aromatic rings. The van der Waals surface area contributed by atoms with E-state index in [9.17, 15) is 25.2 Å². The van der Waals surface area contributed by atoms with Crippen LogP contribution in [0.15, 0.2) is 0 Å². The molecule has 1 saturated heterocycles. The summed E-state index contributed by atoms with van der Waals surface area (Å²) in [6, 6.07) is 0. The van der Waals surface area contributed by atoms with Crippen molar-refractivity contribution >= 4 is 27.6 Å². The molecule has 0 amide bonds. The van der Waals surface area contributed by atoms with Crippen molar-refractivity contribution in [3.8, 4) is 0 Å².